The smallest absolute Gasteiger partial charge is 0.293 e. The molecule has 2 rings (SSSR count). The van der Waals surface area contributed by atoms with Crippen molar-refractivity contribution in [3.05, 3.63) is 33.9 Å². The predicted octanol–water partition coefficient (Wildman–Crippen LogP) is 3.36. The first-order valence-corrected chi connectivity index (χ1v) is 8.26. The van der Waals surface area contributed by atoms with Crippen LogP contribution in [0.1, 0.15) is 50.4 Å². The van der Waals surface area contributed by atoms with E-state index in [1.165, 1.54) is 6.07 Å². The van der Waals surface area contributed by atoms with Gasteiger partial charge in [-0.25, -0.2) is 0 Å². The number of hydrogen-bond donors (Lipinski definition) is 1. The Morgan fingerprint density at radius 3 is 2.65 bits per heavy atom. The average molecular weight is 319 g/mol. The molecule has 1 aromatic carbocycles. The van der Waals surface area contributed by atoms with Crippen molar-refractivity contribution >= 4 is 17.3 Å². The van der Waals surface area contributed by atoms with Crippen molar-refractivity contribution in [3.8, 4) is 0 Å². The summed E-state index contributed by atoms with van der Waals surface area (Å²) in [4.78, 5) is 25.3. The fourth-order valence-electron chi connectivity index (χ4n) is 2.74. The van der Waals surface area contributed by atoms with E-state index in [1.54, 1.807) is 12.1 Å². The zero-order chi connectivity index (χ0) is 17.0. The summed E-state index contributed by atoms with van der Waals surface area (Å²) in [6.07, 6.45) is 2.89. The van der Waals surface area contributed by atoms with E-state index in [-0.39, 0.29) is 17.6 Å². The minimum Gasteiger partial charge on any atom is -0.366 e. The molecule has 6 nitrogen and oxygen atoms in total. The van der Waals surface area contributed by atoms with E-state index in [0.717, 1.165) is 32.4 Å². The zero-order valence-electron chi connectivity index (χ0n) is 14.0. The Morgan fingerprint density at radius 1 is 1.43 bits per heavy atom. The lowest BCUT2D eigenvalue weighted by molar-refractivity contribution is -0.384. The molecule has 1 aliphatic rings. The van der Waals surface area contributed by atoms with Gasteiger partial charge in [-0.3, -0.25) is 14.9 Å². The molecular formula is C17H25N3O3. The quantitative estimate of drug-likeness (QED) is 0.667. The van der Waals surface area contributed by atoms with Crippen LogP contribution in [0.25, 0.3) is 0 Å². The first-order valence-electron chi connectivity index (χ1n) is 8.26. The fourth-order valence-corrected chi connectivity index (χ4v) is 2.74. The molecule has 1 N–H and O–H groups in total. The Bertz CT molecular complexity index is 580. The number of benzene rings is 1. The first kappa shape index (κ1) is 17.2. The van der Waals surface area contributed by atoms with E-state index in [0.29, 0.717) is 17.2 Å². The van der Waals surface area contributed by atoms with Gasteiger partial charge in [0.2, 0.25) is 0 Å². The standard InChI is InChI=1S/C17H25N3O3/c1-4-13(3)18-17(21)14-5-6-15(16(11-14)20(22)23)19-9-7-12(2)8-10-19/h5-6,11-13H,4,7-10H2,1-3H3,(H,18,21)/t13-/m1/s1. The third-order valence-corrected chi connectivity index (χ3v) is 4.55. The lowest BCUT2D eigenvalue weighted by Gasteiger charge is -2.31. The topological polar surface area (TPSA) is 75.5 Å². The summed E-state index contributed by atoms with van der Waals surface area (Å²) >= 11 is 0. The fraction of sp³-hybridized carbons (Fsp3) is 0.588. The molecule has 0 radical (unpaired) electrons. The maximum absolute atomic E-state index is 12.2. The Labute approximate surface area is 137 Å². The van der Waals surface area contributed by atoms with Crippen molar-refractivity contribution < 1.29 is 9.72 Å². The number of piperidine rings is 1. The number of rotatable bonds is 5. The van der Waals surface area contributed by atoms with Gasteiger partial charge in [-0.1, -0.05) is 13.8 Å². The number of carbonyl (C=O) groups is 1. The molecule has 1 fully saturated rings. The highest BCUT2D eigenvalue weighted by Gasteiger charge is 2.24. The zero-order valence-corrected chi connectivity index (χ0v) is 14.0. The van der Waals surface area contributed by atoms with Gasteiger partial charge in [0.25, 0.3) is 11.6 Å². The SMILES string of the molecule is CC[C@@H](C)NC(=O)c1ccc(N2CCC(C)CC2)c([N+](=O)[O-])c1. The van der Waals surface area contributed by atoms with Gasteiger partial charge in [0.05, 0.1) is 4.92 Å². The summed E-state index contributed by atoms with van der Waals surface area (Å²) in [7, 11) is 0. The Balaban J connectivity index is 2.24. The summed E-state index contributed by atoms with van der Waals surface area (Å²) < 4.78 is 0. The van der Waals surface area contributed by atoms with Crippen molar-refractivity contribution in [2.45, 2.75) is 46.1 Å². The number of hydrogen-bond acceptors (Lipinski definition) is 4. The maximum atomic E-state index is 12.2. The molecule has 1 heterocycles. The lowest BCUT2D eigenvalue weighted by atomic mass is 9.98. The second kappa shape index (κ2) is 7.44. The molecule has 0 unspecified atom stereocenters. The van der Waals surface area contributed by atoms with Crippen molar-refractivity contribution in [1.82, 2.24) is 5.32 Å². The summed E-state index contributed by atoms with van der Waals surface area (Å²) in [5, 5.41) is 14.3. The van der Waals surface area contributed by atoms with E-state index in [4.69, 9.17) is 0 Å². The average Bonchev–Trinajstić information content (AvgIpc) is 2.54. The number of carbonyl (C=O) groups excluding carboxylic acids is 1. The molecular weight excluding hydrogens is 294 g/mol. The molecule has 1 aliphatic heterocycles. The monoisotopic (exact) mass is 319 g/mol. The minimum absolute atomic E-state index is 0.0105. The van der Waals surface area contributed by atoms with Gasteiger partial charge >= 0.3 is 0 Å². The van der Waals surface area contributed by atoms with Crippen LogP contribution in [0, 0.1) is 16.0 Å². The highest BCUT2D eigenvalue weighted by Crippen LogP contribution is 2.32. The van der Waals surface area contributed by atoms with Gasteiger partial charge in [0, 0.05) is 30.8 Å². The third kappa shape index (κ3) is 4.21. The number of nitrogens with zero attached hydrogens (tertiary/aromatic N) is 2. The highest BCUT2D eigenvalue weighted by molar-refractivity contribution is 5.96. The molecule has 1 saturated heterocycles. The second-order valence-electron chi connectivity index (χ2n) is 6.41. The van der Waals surface area contributed by atoms with E-state index in [9.17, 15) is 14.9 Å². The number of nitrogens with one attached hydrogen (secondary N) is 1. The van der Waals surface area contributed by atoms with Crippen LogP contribution in [0.3, 0.4) is 0 Å². The van der Waals surface area contributed by atoms with Crippen molar-refractivity contribution in [2.24, 2.45) is 5.92 Å². The maximum Gasteiger partial charge on any atom is 0.293 e. The molecule has 1 amide bonds. The summed E-state index contributed by atoms with van der Waals surface area (Å²) in [6.45, 7) is 7.73. The van der Waals surface area contributed by atoms with Gasteiger partial charge in [-0.15, -0.1) is 0 Å². The number of nitro groups is 1. The van der Waals surface area contributed by atoms with Crippen LogP contribution in [0.15, 0.2) is 18.2 Å². The highest BCUT2D eigenvalue weighted by atomic mass is 16.6. The molecule has 6 heteroatoms. The lowest BCUT2D eigenvalue weighted by Crippen LogP contribution is -2.34. The normalized spacial score (nSPS) is 16.9. The van der Waals surface area contributed by atoms with Crippen LogP contribution in [-0.4, -0.2) is 30.0 Å². The van der Waals surface area contributed by atoms with E-state index in [1.807, 2.05) is 13.8 Å². The van der Waals surface area contributed by atoms with Crippen LogP contribution in [0.5, 0.6) is 0 Å². The first-order chi connectivity index (χ1) is 10.9. The van der Waals surface area contributed by atoms with Gasteiger partial charge in [-0.05, 0) is 44.2 Å². The van der Waals surface area contributed by atoms with E-state index < -0.39 is 4.92 Å². The molecule has 0 saturated carbocycles. The van der Waals surface area contributed by atoms with E-state index in [2.05, 4.69) is 17.1 Å². The summed E-state index contributed by atoms with van der Waals surface area (Å²) in [5.74, 6) is 0.396. The van der Waals surface area contributed by atoms with E-state index >= 15 is 0 Å². The third-order valence-electron chi connectivity index (χ3n) is 4.55. The number of anilines is 1. The largest absolute Gasteiger partial charge is 0.366 e. The Kier molecular flexibility index (Phi) is 5.58. The van der Waals surface area contributed by atoms with Gasteiger partial charge < -0.3 is 10.2 Å². The summed E-state index contributed by atoms with van der Waals surface area (Å²) in [6, 6.07) is 4.83. The van der Waals surface area contributed by atoms with Crippen LogP contribution < -0.4 is 10.2 Å². The summed E-state index contributed by atoms with van der Waals surface area (Å²) in [5.41, 5.74) is 0.962. The molecule has 23 heavy (non-hydrogen) atoms. The van der Waals surface area contributed by atoms with Crippen LogP contribution in [0.2, 0.25) is 0 Å². The molecule has 0 aliphatic carbocycles. The number of amides is 1. The van der Waals surface area contributed by atoms with Crippen LogP contribution >= 0.6 is 0 Å². The Hall–Kier alpha value is -2.11. The molecule has 1 aromatic rings. The van der Waals surface area contributed by atoms with Crippen LogP contribution in [-0.2, 0) is 0 Å². The van der Waals surface area contributed by atoms with Crippen molar-refractivity contribution in [2.75, 3.05) is 18.0 Å². The molecule has 0 aromatic heterocycles. The molecule has 0 bridgehead atoms. The molecule has 0 spiro atoms. The second-order valence-corrected chi connectivity index (χ2v) is 6.41. The number of nitro benzene ring substituents is 1. The Morgan fingerprint density at radius 2 is 2.09 bits per heavy atom. The van der Waals surface area contributed by atoms with Crippen LogP contribution in [0.4, 0.5) is 11.4 Å². The minimum atomic E-state index is -0.395. The molecule has 1 atom stereocenters. The van der Waals surface area contributed by atoms with Gasteiger partial charge in [-0.2, -0.15) is 0 Å². The molecule has 126 valence electrons. The van der Waals surface area contributed by atoms with Crippen molar-refractivity contribution in [3.63, 3.8) is 0 Å². The predicted molar refractivity (Wildman–Crippen MR) is 90.9 cm³/mol. The van der Waals surface area contributed by atoms with Gasteiger partial charge in [0.1, 0.15) is 5.69 Å². The van der Waals surface area contributed by atoms with Crippen molar-refractivity contribution in [1.29, 1.82) is 0 Å². The van der Waals surface area contributed by atoms with Gasteiger partial charge in [0.15, 0.2) is 0 Å².